The maximum Gasteiger partial charge on any atom is 0.255 e. The molecule has 4 heteroatoms. The highest BCUT2D eigenvalue weighted by atomic mass is 16.5. The fourth-order valence-electron chi connectivity index (χ4n) is 2.12. The van der Waals surface area contributed by atoms with Crippen LogP contribution in [0, 0.1) is 0 Å². The highest BCUT2D eigenvalue weighted by Gasteiger charge is 2.06. The number of benzene rings is 2. The number of hydrogen-bond acceptors (Lipinski definition) is 3. The highest BCUT2D eigenvalue weighted by Crippen LogP contribution is 2.17. The van der Waals surface area contributed by atoms with Crippen molar-refractivity contribution in [3.8, 4) is 11.5 Å². The minimum Gasteiger partial charge on any atom is -0.497 e. The van der Waals surface area contributed by atoms with Crippen LogP contribution < -0.4 is 14.8 Å². The van der Waals surface area contributed by atoms with Gasteiger partial charge in [-0.25, -0.2) is 0 Å². The van der Waals surface area contributed by atoms with Crippen molar-refractivity contribution < 1.29 is 14.3 Å². The lowest BCUT2D eigenvalue weighted by atomic mass is 10.2. The molecule has 1 N–H and O–H groups in total. The second kappa shape index (κ2) is 8.83. The minimum absolute atomic E-state index is 0.146. The molecule has 0 bridgehead atoms. The number of amides is 1. The monoisotopic (exact) mass is 313 g/mol. The molecule has 0 atom stereocenters. The van der Waals surface area contributed by atoms with Gasteiger partial charge < -0.3 is 14.8 Å². The average molecular weight is 313 g/mol. The van der Waals surface area contributed by atoms with Crippen molar-refractivity contribution in [3.63, 3.8) is 0 Å². The second-order valence-corrected chi connectivity index (χ2v) is 5.26. The van der Waals surface area contributed by atoms with Gasteiger partial charge in [0.25, 0.3) is 5.91 Å². The molecule has 0 unspecified atom stereocenters. The van der Waals surface area contributed by atoms with Crippen molar-refractivity contribution in [2.45, 2.75) is 26.2 Å². The van der Waals surface area contributed by atoms with Crippen LogP contribution in [0.5, 0.6) is 11.5 Å². The molecule has 0 aromatic heterocycles. The van der Waals surface area contributed by atoms with Gasteiger partial charge in [0.05, 0.1) is 13.7 Å². The number of nitrogens with one attached hydrogen (secondary N) is 1. The van der Waals surface area contributed by atoms with E-state index in [-0.39, 0.29) is 5.91 Å². The van der Waals surface area contributed by atoms with E-state index >= 15 is 0 Å². The maximum atomic E-state index is 12.2. The Kier molecular flexibility index (Phi) is 6.48. The Balaban J connectivity index is 1.88. The van der Waals surface area contributed by atoms with Crippen LogP contribution in [0.2, 0.25) is 0 Å². The summed E-state index contributed by atoms with van der Waals surface area (Å²) in [6.45, 7) is 2.88. The van der Waals surface area contributed by atoms with E-state index in [0.29, 0.717) is 12.2 Å². The zero-order valence-corrected chi connectivity index (χ0v) is 13.7. The van der Waals surface area contributed by atoms with Crippen LogP contribution >= 0.6 is 0 Å². The SMILES string of the molecule is CCCCCOc1ccc(C(=O)Nc2ccc(OC)cc2)cc1. The molecule has 0 saturated heterocycles. The lowest BCUT2D eigenvalue weighted by molar-refractivity contribution is 0.102. The zero-order chi connectivity index (χ0) is 16.5. The standard InChI is InChI=1S/C19H23NO3/c1-3-4-5-14-23-18-10-6-15(7-11-18)19(21)20-16-8-12-17(22-2)13-9-16/h6-13H,3-5,14H2,1-2H3,(H,20,21). The van der Waals surface area contributed by atoms with Crippen LogP contribution in [0.3, 0.4) is 0 Å². The summed E-state index contributed by atoms with van der Waals surface area (Å²) in [4.78, 5) is 12.2. The molecule has 0 aliphatic rings. The summed E-state index contributed by atoms with van der Waals surface area (Å²) < 4.78 is 10.7. The number of methoxy groups -OCH3 is 1. The fraction of sp³-hybridized carbons (Fsp3) is 0.316. The van der Waals surface area contributed by atoms with Crippen molar-refractivity contribution in [2.75, 3.05) is 19.0 Å². The summed E-state index contributed by atoms with van der Waals surface area (Å²) in [6, 6.07) is 14.4. The van der Waals surface area contributed by atoms with E-state index in [4.69, 9.17) is 9.47 Å². The quantitative estimate of drug-likeness (QED) is 0.729. The molecule has 2 aromatic carbocycles. The predicted octanol–water partition coefficient (Wildman–Crippen LogP) is 4.52. The van der Waals surface area contributed by atoms with Gasteiger partial charge in [-0.15, -0.1) is 0 Å². The molecule has 0 radical (unpaired) electrons. The Bertz CT molecular complexity index is 606. The molecule has 2 aromatic rings. The first-order chi connectivity index (χ1) is 11.2. The van der Waals surface area contributed by atoms with E-state index in [2.05, 4.69) is 12.2 Å². The normalized spacial score (nSPS) is 10.2. The summed E-state index contributed by atoms with van der Waals surface area (Å²) in [5.41, 5.74) is 1.33. The Hall–Kier alpha value is -2.49. The topological polar surface area (TPSA) is 47.6 Å². The van der Waals surface area contributed by atoms with Crippen LogP contribution in [-0.4, -0.2) is 19.6 Å². The zero-order valence-electron chi connectivity index (χ0n) is 13.7. The van der Waals surface area contributed by atoms with Gasteiger partial charge in [-0.2, -0.15) is 0 Å². The first-order valence-corrected chi connectivity index (χ1v) is 7.91. The van der Waals surface area contributed by atoms with Crippen molar-refractivity contribution in [3.05, 3.63) is 54.1 Å². The van der Waals surface area contributed by atoms with E-state index < -0.39 is 0 Å². The fourth-order valence-corrected chi connectivity index (χ4v) is 2.12. The molecule has 0 saturated carbocycles. The van der Waals surface area contributed by atoms with Gasteiger partial charge >= 0.3 is 0 Å². The van der Waals surface area contributed by atoms with Gasteiger partial charge in [0, 0.05) is 11.3 Å². The molecule has 2 rings (SSSR count). The first kappa shape index (κ1) is 16.9. The number of unbranched alkanes of at least 4 members (excludes halogenated alkanes) is 2. The summed E-state index contributed by atoms with van der Waals surface area (Å²) in [7, 11) is 1.61. The molecule has 23 heavy (non-hydrogen) atoms. The van der Waals surface area contributed by atoms with E-state index in [1.54, 1.807) is 19.2 Å². The average Bonchev–Trinajstić information content (AvgIpc) is 2.60. The molecule has 0 aliphatic heterocycles. The van der Waals surface area contributed by atoms with E-state index in [1.807, 2.05) is 36.4 Å². The van der Waals surface area contributed by atoms with Crippen LogP contribution in [0.25, 0.3) is 0 Å². The number of rotatable bonds is 8. The lowest BCUT2D eigenvalue weighted by Crippen LogP contribution is -2.11. The van der Waals surface area contributed by atoms with Gasteiger partial charge in [-0.3, -0.25) is 4.79 Å². The van der Waals surface area contributed by atoms with E-state index in [9.17, 15) is 4.79 Å². The van der Waals surface area contributed by atoms with Crippen molar-refractivity contribution in [1.29, 1.82) is 0 Å². The first-order valence-electron chi connectivity index (χ1n) is 7.91. The third kappa shape index (κ3) is 5.33. The van der Waals surface area contributed by atoms with Crippen molar-refractivity contribution in [2.24, 2.45) is 0 Å². The van der Waals surface area contributed by atoms with Crippen LogP contribution in [-0.2, 0) is 0 Å². The smallest absolute Gasteiger partial charge is 0.255 e. The number of carbonyl (C=O) groups excluding carboxylic acids is 1. The molecular formula is C19H23NO3. The molecular weight excluding hydrogens is 290 g/mol. The van der Waals surface area contributed by atoms with Gasteiger partial charge in [-0.05, 0) is 55.0 Å². The molecule has 0 heterocycles. The molecule has 0 aliphatic carbocycles. The third-order valence-corrected chi connectivity index (χ3v) is 3.48. The Morgan fingerprint density at radius 1 is 0.957 bits per heavy atom. The molecule has 0 fully saturated rings. The highest BCUT2D eigenvalue weighted by molar-refractivity contribution is 6.04. The number of ether oxygens (including phenoxy) is 2. The number of carbonyl (C=O) groups is 1. The van der Waals surface area contributed by atoms with Crippen molar-refractivity contribution in [1.82, 2.24) is 0 Å². The summed E-state index contributed by atoms with van der Waals surface area (Å²) in [5.74, 6) is 1.40. The van der Waals surface area contributed by atoms with Crippen molar-refractivity contribution >= 4 is 11.6 Å². The molecule has 4 nitrogen and oxygen atoms in total. The molecule has 1 amide bonds. The van der Waals surface area contributed by atoms with Crippen LogP contribution in [0.1, 0.15) is 36.5 Å². The Labute approximate surface area is 137 Å². The number of anilines is 1. The third-order valence-electron chi connectivity index (χ3n) is 3.48. The molecule has 122 valence electrons. The molecule has 0 spiro atoms. The predicted molar refractivity (Wildman–Crippen MR) is 92.4 cm³/mol. The minimum atomic E-state index is -0.146. The largest absolute Gasteiger partial charge is 0.497 e. The summed E-state index contributed by atoms with van der Waals surface area (Å²) in [6.07, 6.45) is 3.40. The van der Waals surface area contributed by atoms with E-state index in [0.717, 1.165) is 23.6 Å². The van der Waals surface area contributed by atoms with Crippen LogP contribution in [0.4, 0.5) is 5.69 Å². The number of hydrogen-bond donors (Lipinski definition) is 1. The summed E-state index contributed by atoms with van der Waals surface area (Å²) in [5, 5.41) is 2.85. The maximum absolute atomic E-state index is 12.2. The second-order valence-electron chi connectivity index (χ2n) is 5.26. The Morgan fingerprint density at radius 3 is 2.22 bits per heavy atom. The summed E-state index contributed by atoms with van der Waals surface area (Å²) >= 11 is 0. The van der Waals surface area contributed by atoms with Gasteiger partial charge in [0.15, 0.2) is 0 Å². The van der Waals surface area contributed by atoms with Gasteiger partial charge in [0.2, 0.25) is 0 Å². The lowest BCUT2D eigenvalue weighted by Gasteiger charge is -2.08. The van der Waals surface area contributed by atoms with E-state index in [1.165, 1.54) is 12.8 Å². The Morgan fingerprint density at radius 2 is 1.61 bits per heavy atom. The van der Waals surface area contributed by atoms with Gasteiger partial charge in [-0.1, -0.05) is 19.8 Å². The van der Waals surface area contributed by atoms with Gasteiger partial charge in [0.1, 0.15) is 11.5 Å². The van der Waals surface area contributed by atoms with Crippen LogP contribution in [0.15, 0.2) is 48.5 Å².